The molecule has 0 aliphatic carbocycles. The van der Waals surface area contributed by atoms with Crippen molar-refractivity contribution >= 4 is 23.6 Å². The minimum atomic E-state index is -0.993. The lowest BCUT2D eigenvalue weighted by molar-refractivity contribution is -0.151. The molecule has 2 aliphatic heterocycles. The summed E-state index contributed by atoms with van der Waals surface area (Å²) in [5, 5.41) is 12.1. The fourth-order valence-electron chi connectivity index (χ4n) is 2.96. The standard InChI is InChI=1S/C16H19NO4S/c18-15(12-5-6-13(21-12)16(19)20)17-9-14-11-4-2-1-3-10(11)7-8-22-14/h1-4,12-14H,5-9H2,(H,17,18)(H,19,20)/t12-,13+,14?/m0/s1. The highest BCUT2D eigenvalue weighted by molar-refractivity contribution is 7.99. The van der Waals surface area contributed by atoms with Gasteiger partial charge in [0.25, 0.3) is 0 Å². The lowest BCUT2D eigenvalue weighted by atomic mass is 10.0. The number of carboxylic acids is 1. The average Bonchev–Trinajstić information content (AvgIpc) is 3.03. The van der Waals surface area contributed by atoms with Crippen LogP contribution in [-0.2, 0) is 20.7 Å². The first kappa shape index (κ1) is 15.4. The first-order chi connectivity index (χ1) is 10.6. The van der Waals surface area contributed by atoms with E-state index >= 15 is 0 Å². The van der Waals surface area contributed by atoms with Crippen molar-refractivity contribution in [1.29, 1.82) is 0 Å². The van der Waals surface area contributed by atoms with Gasteiger partial charge < -0.3 is 15.2 Å². The van der Waals surface area contributed by atoms with E-state index in [2.05, 4.69) is 17.4 Å². The Labute approximate surface area is 133 Å². The monoisotopic (exact) mass is 321 g/mol. The lowest BCUT2D eigenvalue weighted by Crippen LogP contribution is -2.37. The molecule has 5 nitrogen and oxygen atoms in total. The van der Waals surface area contributed by atoms with E-state index in [4.69, 9.17) is 9.84 Å². The van der Waals surface area contributed by atoms with Crippen molar-refractivity contribution < 1.29 is 19.4 Å². The van der Waals surface area contributed by atoms with Gasteiger partial charge in [-0.15, -0.1) is 0 Å². The third-order valence-corrected chi connectivity index (χ3v) is 5.40. The summed E-state index contributed by atoms with van der Waals surface area (Å²) in [4.78, 5) is 23.0. The number of aryl methyl sites for hydroxylation is 1. The average molecular weight is 321 g/mol. The molecule has 1 fully saturated rings. The van der Waals surface area contributed by atoms with Crippen molar-refractivity contribution in [3.8, 4) is 0 Å². The third kappa shape index (κ3) is 3.28. The molecule has 118 valence electrons. The molecule has 22 heavy (non-hydrogen) atoms. The maximum absolute atomic E-state index is 12.1. The molecule has 0 spiro atoms. The summed E-state index contributed by atoms with van der Waals surface area (Å²) in [5.74, 6) is -0.141. The van der Waals surface area contributed by atoms with E-state index in [9.17, 15) is 9.59 Å². The number of carbonyl (C=O) groups is 2. The van der Waals surface area contributed by atoms with Gasteiger partial charge in [0, 0.05) is 11.8 Å². The SMILES string of the molecule is O=C(NCC1SCCc2ccccc21)[C@@H]1CC[C@H](C(=O)O)O1. The zero-order chi connectivity index (χ0) is 15.5. The topological polar surface area (TPSA) is 75.6 Å². The molecule has 1 unspecified atom stereocenters. The second-order valence-electron chi connectivity index (χ2n) is 5.58. The Morgan fingerprint density at radius 2 is 2.05 bits per heavy atom. The van der Waals surface area contributed by atoms with E-state index in [1.54, 1.807) is 0 Å². The van der Waals surface area contributed by atoms with E-state index in [1.165, 1.54) is 11.1 Å². The van der Waals surface area contributed by atoms with Crippen LogP contribution in [0.15, 0.2) is 24.3 Å². The first-order valence-corrected chi connectivity index (χ1v) is 8.55. The molecular weight excluding hydrogens is 302 g/mol. The molecule has 1 amide bonds. The van der Waals surface area contributed by atoms with Crippen LogP contribution in [0.3, 0.4) is 0 Å². The number of aliphatic carboxylic acids is 1. The number of benzene rings is 1. The molecule has 1 saturated heterocycles. The fourth-order valence-corrected chi connectivity index (χ4v) is 4.20. The Balaban J connectivity index is 1.55. The molecule has 0 radical (unpaired) electrons. The molecule has 0 aromatic heterocycles. The maximum Gasteiger partial charge on any atom is 0.332 e. The molecule has 6 heteroatoms. The van der Waals surface area contributed by atoms with Gasteiger partial charge in [0.1, 0.15) is 6.10 Å². The van der Waals surface area contributed by atoms with E-state index in [0.29, 0.717) is 19.4 Å². The number of ether oxygens (including phenoxy) is 1. The maximum atomic E-state index is 12.1. The molecule has 0 bridgehead atoms. The van der Waals surface area contributed by atoms with Crippen molar-refractivity contribution in [2.75, 3.05) is 12.3 Å². The molecule has 3 atom stereocenters. The second-order valence-corrected chi connectivity index (χ2v) is 6.89. The van der Waals surface area contributed by atoms with Crippen LogP contribution in [0.5, 0.6) is 0 Å². The van der Waals surface area contributed by atoms with Crippen LogP contribution in [0, 0.1) is 0 Å². The van der Waals surface area contributed by atoms with Gasteiger partial charge >= 0.3 is 5.97 Å². The molecule has 1 aromatic rings. The molecular formula is C16H19NO4S. The summed E-state index contributed by atoms with van der Waals surface area (Å²) in [6, 6.07) is 8.33. The number of hydrogen-bond acceptors (Lipinski definition) is 4. The van der Waals surface area contributed by atoms with Gasteiger partial charge in [-0.2, -0.15) is 11.8 Å². The van der Waals surface area contributed by atoms with E-state index < -0.39 is 18.2 Å². The molecule has 1 aromatic carbocycles. The summed E-state index contributed by atoms with van der Waals surface area (Å²) in [7, 11) is 0. The minimum Gasteiger partial charge on any atom is -0.479 e. The van der Waals surface area contributed by atoms with Crippen LogP contribution < -0.4 is 5.32 Å². The van der Waals surface area contributed by atoms with Crippen molar-refractivity contribution in [3.63, 3.8) is 0 Å². The smallest absolute Gasteiger partial charge is 0.332 e. The molecule has 2 N–H and O–H groups in total. The van der Waals surface area contributed by atoms with Gasteiger partial charge in [0.2, 0.25) is 5.91 Å². The number of hydrogen-bond donors (Lipinski definition) is 2. The Bertz CT molecular complexity index is 577. The minimum absolute atomic E-state index is 0.201. The highest BCUT2D eigenvalue weighted by Gasteiger charge is 2.35. The zero-order valence-corrected chi connectivity index (χ0v) is 13.0. The number of fused-ring (bicyclic) bond motifs is 1. The van der Waals surface area contributed by atoms with Crippen LogP contribution in [0.4, 0.5) is 0 Å². The summed E-state index contributed by atoms with van der Waals surface area (Å²) in [6.07, 6.45) is 0.452. The summed E-state index contributed by atoms with van der Waals surface area (Å²) in [5.41, 5.74) is 2.64. The Morgan fingerprint density at radius 1 is 1.27 bits per heavy atom. The normalized spacial score (nSPS) is 27.2. The van der Waals surface area contributed by atoms with Crippen LogP contribution in [0.25, 0.3) is 0 Å². The molecule has 3 rings (SSSR count). The highest BCUT2D eigenvalue weighted by atomic mass is 32.2. The van der Waals surface area contributed by atoms with Gasteiger partial charge in [0.15, 0.2) is 6.10 Å². The van der Waals surface area contributed by atoms with Crippen LogP contribution in [-0.4, -0.2) is 41.5 Å². The first-order valence-electron chi connectivity index (χ1n) is 7.50. The zero-order valence-electron chi connectivity index (χ0n) is 12.2. The van der Waals surface area contributed by atoms with E-state index in [-0.39, 0.29) is 11.2 Å². The van der Waals surface area contributed by atoms with Gasteiger partial charge in [-0.25, -0.2) is 4.79 Å². The molecule has 2 aliphatic rings. The second kappa shape index (κ2) is 6.71. The molecule has 2 heterocycles. The Kier molecular flexibility index (Phi) is 4.69. The van der Waals surface area contributed by atoms with Gasteiger partial charge in [-0.3, -0.25) is 4.79 Å². The summed E-state index contributed by atoms with van der Waals surface area (Å²) < 4.78 is 5.28. The number of thioether (sulfide) groups is 1. The largest absolute Gasteiger partial charge is 0.479 e. The number of carboxylic acid groups (broad SMARTS) is 1. The van der Waals surface area contributed by atoms with Crippen molar-refractivity contribution in [1.82, 2.24) is 5.32 Å². The Hall–Kier alpha value is -1.53. The van der Waals surface area contributed by atoms with Crippen molar-refractivity contribution in [3.05, 3.63) is 35.4 Å². The quantitative estimate of drug-likeness (QED) is 0.884. The number of amides is 1. The van der Waals surface area contributed by atoms with Gasteiger partial charge in [-0.1, -0.05) is 24.3 Å². The van der Waals surface area contributed by atoms with E-state index in [1.807, 2.05) is 23.9 Å². The highest BCUT2D eigenvalue weighted by Crippen LogP contribution is 2.36. The van der Waals surface area contributed by atoms with Crippen molar-refractivity contribution in [2.45, 2.75) is 36.7 Å². The van der Waals surface area contributed by atoms with Gasteiger partial charge in [0.05, 0.1) is 0 Å². The third-order valence-electron chi connectivity index (χ3n) is 4.14. The summed E-state index contributed by atoms with van der Waals surface area (Å²) in [6.45, 7) is 0.554. The molecule has 0 saturated carbocycles. The number of nitrogens with one attached hydrogen (secondary N) is 1. The predicted octanol–water partition coefficient (Wildman–Crippen LogP) is 1.77. The lowest BCUT2D eigenvalue weighted by Gasteiger charge is -2.25. The number of rotatable bonds is 4. The fraction of sp³-hybridized carbons (Fsp3) is 0.500. The van der Waals surface area contributed by atoms with Gasteiger partial charge in [-0.05, 0) is 36.1 Å². The predicted molar refractivity (Wildman–Crippen MR) is 83.9 cm³/mol. The van der Waals surface area contributed by atoms with Crippen molar-refractivity contribution in [2.24, 2.45) is 0 Å². The van der Waals surface area contributed by atoms with Crippen LogP contribution in [0.2, 0.25) is 0 Å². The van der Waals surface area contributed by atoms with Crippen LogP contribution >= 0.6 is 11.8 Å². The van der Waals surface area contributed by atoms with E-state index in [0.717, 1.165) is 12.2 Å². The Morgan fingerprint density at radius 3 is 2.82 bits per heavy atom. The number of carbonyl (C=O) groups excluding carboxylic acids is 1. The summed E-state index contributed by atoms with van der Waals surface area (Å²) >= 11 is 1.85. The van der Waals surface area contributed by atoms with Crippen LogP contribution in [0.1, 0.15) is 29.2 Å².